The molecule has 0 fully saturated rings. The minimum atomic E-state index is -4.07. The third-order valence-corrected chi connectivity index (χ3v) is 4.72. The summed E-state index contributed by atoms with van der Waals surface area (Å²) in [5.74, 6) is 0. The van der Waals surface area contributed by atoms with Crippen molar-refractivity contribution in [2.24, 2.45) is 0 Å². The largest absolute Gasteiger partial charge is 1.00 e. The Kier molecular flexibility index (Phi) is 21.9. The van der Waals surface area contributed by atoms with Gasteiger partial charge in [-0.2, -0.15) is 8.42 Å². The number of hydrogen-bond acceptors (Lipinski definition) is 6. The van der Waals surface area contributed by atoms with Crippen LogP contribution in [0.4, 0.5) is 0 Å². The Hall–Kier alpha value is 0.790. The van der Waals surface area contributed by atoms with Crippen LogP contribution in [-0.4, -0.2) is 44.6 Å². The molecule has 0 saturated heterocycles. The molecule has 2 N–H and O–H groups in total. The van der Waals surface area contributed by atoms with Crippen molar-refractivity contribution < 1.29 is 58.0 Å². The Morgan fingerprint density at radius 1 is 0.840 bits per heavy atom. The molecule has 0 bridgehead atoms. The molecule has 1 atom stereocenters. The average molecular weight is 393 g/mol. The summed E-state index contributed by atoms with van der Waals surface area (Å²) in [6, 6.07) is 0. The zero-order valence-corrected chi connectivity index (χ0v) is 18.9. The van der Waals surface area contributed by atoms with Crippen molar-refractivity contribution in [3.8, 4) is 0 Å². The number of hydrogen-bond donors (Lipinski definition) is 2. The molecule has 0 aromatic rings. The molecule has 0 rings (SSSR count). The van der Waals surface area contributed by atoms with Crippen molar-refractivity contribution in [2.45, 2.75) is 90.1 Å². The van der Waals surface area contributed by atoms with E-state index in [2.05, 4.69) is 15.3 Å². The van der Waals surface area contributed by atoms with Crippen LogP contribution in [0.3, 0.4) is 0 Å². The molecule has 0 aliphatic carbocycles. The van der Waals surface area contributed by atoms with Crippen LogP contribution in [-0.2, 0) is 18.8 Å². The van der Waals surface area contributed by atoms with Gasteiger partial charge in [0.1, 0.15) is 6.10 Å². The third-order valence-electron chi connectivity index (χ3n) is 3.84. The van der Waals surface area contributed by atoms with Crippen molar-refractivity contribution in [3.05, 3.63) is 0 Å². The quantitative estimate of drug-likeness (QED) is 0.260. The fraction of sp³-hybridized carbons (Fsp3) is 1.00. The van der Waals surface area contributed by atoms with Gasteiger partial charge in [0.2, 0.25) is 0 Å². The molecule has 0 aromatic carbocycles. The Morgan fingerprint density at radius 3 is 1.72 bits per heavy atom. The Morgan fingerprint density at radius 2 is 1.28 bits per heavy atom. The zero-order chi connectivity index (χ0) is 18.1. The van der Waals surface area contributed by atoms with Crippen LogP contribution in [0, 0.1) is 0 Å². The summed E-state index contributed by atoms with van der Waals surface area (Å²) < 4.78 is 31.7. The second-order valence-corrected chi connectivity index (χ2v) is 7.53. The van der Waals surface area contributed by atoms with E-state index in [0.29, 0.717) is 6.42 Å². The second kappa shape index (κ2) is 19.5. The van der Waals surface area contributed by atoms with Crippen LogP contribution < -0.4 is 29.6 Å². The van der Waals surface area contributed by atoms with Gasteiger partial charge in [0.05, 0.1) is 19.8 Å². The van der Waals surface area contributed by atoms with Crippen LogP contribution >= 0.6 is 0 Å². The van der Waals surface area contributed by atoms with Crippen LogP contribution in [0.5, 0.6) is 0 Å². The van der Waals surface area contributed by atoms with E-state index in [9.17, 15) is 8.42 Å². The minimum absolute atomic E-state index is 0. The number of rotatable bonds is 18. The molecule has 148 valence electrons. The van der Waals surface area contributed by atoms with Crippen LogP contribution in [0.15, 0.2) is 0 Å². The minimum Gasteiger partial charge on any atom is -1.00 e. The summed E-state index contributed by atoms with van der Waals surface area (Å²) in [5.41, 5.74) is 0. The Labute approximate surface area is 177 Å². The first-order valence-corrected chi connectivity index (χ1v) is 10.7. The van der Waals surface area contributed by atoms with Crippen molar-refractivity contribution in [2.75, 3.05) is 19.8 Å². The maximum atomic E-state index is 11.3. The topological polar surface area (TPSA) is 93.1 Å². The van der Waals surface area contributed by atoms with Gasteiger partial charge in [-0.1, -0.05) is 77.6 Å². The summed E-state index contributed by atoms with van der Waals surface area (Å²) in [4.78, 5) is 0. The molecule has 0 aliphatic rings. The second-order valence-electron chi connectivity index (χ2n) is 6.24. The van der Waals surface area contributed by atoms with E-state index >= 15 is 0 Å². The van der Waals surface area contributed by atoms with E-state index in [4.69, 9.17) is 10.2 Å². The van der Waals surface area contributed by atoms with Gasteiger partial charge in [0.15, 0.2) is 0 Å². The van der Waals surface area contributed by atoms with Gasteiger partial charge < -0.3 is 11.6 Å². The van der Waals surface area contributed by atoms with Crippen molar-refractivity contribution in [1.29, 1.82) is 0 Å². The van der Waals surface area contributed by atoms with Crippen LogP contribution in [0.2, 0.25) is 0 Å². The van der Waals surface area contributed by atoms with Gasteiger partial charge in [-0.3, -0.25) is 0 Å². The molecule has 6 nitrogen and oxygen atoms in total. The van der Waals surface area contributed by atoms with E-state index in [-0.39, 0.29) is 37.6 Å². The Bertz CT molecular complexity index is 370. The van der Waals surface area contributed by atoms with Gasteiger partial charge in [-0.15, -0.1) is 0 Å². The number of aliphatic hydroxyl groups is 2. The first kappa shape index (κ1) is 28.0. The maximum absolute atomic E-state index is 11.3. The molecular weight excluding hydrogens is 355 g/mol. The third kappa shape index (κ3) is 21.0. The van der Waals surface area contributed by atoms with E-state index in [0.717, 1.165) is 12.8 Å². The summed E-state index contributed by atoms with van der Waals surface area (Å²) in [5, 5.41) is 17.6. The van der Waals surface area contributed by atoms with Crippen molar-refractivity contribution >= 4 is 10.4 Å². The van der Waals surface area contributed by atoms with Gasteiger partial charge in [-0.05, 0) is 6.42 Å². The molecule has 0 heterocycles. The summed E-state index contributed by atoms with van der Waals surface area (Å²) in [6.45, 7) is 1.29. The van der Waals surface area contributed by atoms with Gasteiger partial charge >= 0.3 is 40.0 Å². The molecule has 0 aliphatic heterocycles. The molecule has 1 unspecified atom stereocenters. The molecule has 0 spiro atoms. The summed E-state index contributed by atoms with van der Waals surface area (Å²) in [6.07, 6.45) is 13.2. The van der Waals surface area contributed by atoms with Gasteiger partial charge in [0.25, 0.3) is 0 Å². The monoisotopic (exact) mass is 392 g/mol. The molecule has 8 heteroatoms. The molecule has 0 radical (unpaired) electrons. The number of aliphatic hydroxyl groups excluding tert-OH is 2. The molecule has 0 aromatic heterocycles. The van der Waals surface area contributed by atoms with E-state index in [1.807, 2.05) is 0 Å². The summed E-state index contributed by atoms with van der Waals surface area (Å²) in [7, 11) is -4.07. The van der Waals surface area contributed by atoms with Gasteiger partial charge in [-0.25, -0.2) is 8.37 Å². The molecular formula is C17H37NaO6S. The first-order chi connectivity index (χ1) is 11.5. The normalized spacial score (nSPS) is 12.8. The average Bonchev–Trinajstić information content (AvgIpc) is 2.57. The predicted octanol–water partition coefficient (Wildman–Crippen LogP) is 0.435. The predicted molar refractivity (Wildman–Crippen MR) is 96.1 cm³/mol. The smallest absolute Gasteiger partial charge is 1.00 e. The van der Waals surface area contributed by atoms with Gasteiger partial charge in [0, 0.05) is 0 Å². The molecule has 0 amide bonds. The number of unbranched alkanes of at least 4 members (excludes halogenated alkanes) is 11. The SMILES string of the molecule is CCCCCCCCCCCCCCOS(=O)(=O)OCC(O)CO.[H-].[Na+]. The standard InChI is InChI=1S/C17H36O6S.Na.H/c1-2-3-4-5-6-7-8-9-10-11-12-13-14-22-24(20,21)23-16-17(19)15-18;;/h17-19H,2-16H2,1H3;;/q;+1;-1. The van der Waals surface area contributed by atoms with Crippen molar-refractivity contribution in [3.63, 3.8) is 0 Å². The zero-order valence-electron chi connectivity index (χ0n) is 17.1. The fourth-order valence-corrected chi connectivity index (χ4v) is 3.07. The van der Waals surface area contributed by atoms with Crippen molar-refractivity contribution in [1.82, 2.24) is 0 Å². The fourth-order valence-electron chi connectivity index (χ4n) is 2.35. The van der Waals surface area contributed by atoms with Crippen LogP contribution in [0.1, 0.15) is 85.4 Å². The van der Waals surface area contributed by atoms with E-state index in [1.165, 1.54) is 57.8 Å². The first-order valence-electron chi connectivity index (χ1n) is 9.34. The Balaban J connectivity index is -0.00000264. The molecule has 0 saturated carbocycles. The van der Waals surface area contributed by atoms with Crippen LogP contribution in [0.25, 0.3) is 0 Å². The summed E-state index contributed by atoms with van der Waals surface area (Å²) >= 11 is 0. The van der Waals surface area contributed by atoms with E-state index < -0.39 is 29.7 Å². The van der Waals surface area contributed by atoms with E-state index in [1.54, 1.807) is 0 Å². The maximum Gasteiger partial charge on any atom is 1.00 e. The molecule has 25 heavy (non-hydrogen) atoms.